The first-order valence-corrected chi connectivity index (χ1v) is 6.66. The summed E-state index contributed by atoms with van der Waals surface area (Å²) in [5.74, 6) is 0. The first-order valence-electron chi connectivity index (χ1n) is 6.66. The molecule has 3 nitrogen and oxygen atoms in total. The Bertz CT molecular complexity index is 575. The zero-order chi connectivity index (χ0) is 12.8. The van der Waals surface area contributed by atoms with Crippen molar-refractivity contribution in [3.63, 3.8) is 0 Å². The van der Waals surface area contributed by atoms with E-state index in [9.17, 15) is 5.11 Å². The molecule has 18 heavy (non-hydrogen) atoms. The summed E-state index contributed by atoms with van der Waals surface area (Å²) >= 11 is 0. The number of aryl methyl sites for hydroxylation is 1. The summed E-state index contributed by atoms with van der Waals surface area (Å²) in [5.41, 5.74) is 2.57. The lowest BCUT2D eigenvalue weighted by Crippen LogP contribution is -2.17. The molecule has 2 atom stereocenters. The van der Waals surface area contributed by atoms with E-state index >= 15 is 0 Å². The zero-order valence-electron chi connectivity index (χ0n) is 11.1. The lowest BCUT2D eigenvalue weighted by molar-refractivity contribution is 0.163. The molecule has 0 saturated heterocycles. The first kappa shape index (κ1) is 11.7. The maximum atomic E-state index is 9.74. The summed E-state index contributed by atoms with van der Waals surface area (Å²) < 4.78 is 1.96. The van der Waals surface area contributed by atoms with Crippen LogP contribution in [0.15, 0.2) is 24.3 Å². The third-order valence-corrected chi connectivity index (χ3v) is 4.24. The summed E-state index contributed by atoms with van der Waals surface area (Å²) in [6.07, 6.45) is 3.77. The lowest BCUT2D eigenvalue weighted by atomic mass is 9.83. The van der Waals surface area contributed by atoms with Crippen LogP contribution in [0.3, 0.4) is 0 Å². The Morgan fingerprint density at radius 2 is 2.22 bits per heavy atom. The van der Waals surface area contributed by atoms with Gasteiger partial charge in [0.05, 0.1) is 17.3 Å². The van der Waals surface area contributed by atoms with Gasteiger partial charge in [0.1, 0.15) is 0 Å². The number of fused-ring (bicyclic) bond motifs is 1. The van der Waals surface area contributed by atoms with E-state index in [4.69, 9.17) is 0 Å². The summed E-state index contributed by atoms with van der Waals surface area (Å²) in [4.78, 5) is 0. The second kappa shape index (κ2) is 4.09. The van der Waals surface area contributed by atoms with Crippen molar-refractivity contribution in [2.75, 3.05) is 0 Å². The van der Waals surface area contributed by atoms with Gasteiger partial charge >= 0.3 is 0 Å². The van der Waals surface area contributed by atoms with Gasteiger partial charge in [0, 0.05) is 12.4 Å². The third-order valence-electron chi connectivity index (χ3n) is 4.24. The van der Waals surface area contributed by atoms with E-state index in [2.05, 4.69) is 36.3 Å². The van der Waals surface area contributed by atoms with Crippen molar-refractivity contribution in [3.05, 3.63) is 30.0 Å². The fraction of sp³-hybridized carbons (Fsp3) is 0.533. The zero-order valence-corrected chi connectivity index (χ0v) is 11.1. The summed E-state index contributed by atoms with van der Waals surface area (Å²) in [6.45, 7) is 2.27. The van der Waals surface area contributed by atoms with E-state index in [0.29, 0.717) is 0 Å². The monoisotopic (exact) mass is 244 g/mol. The lowest BCUT2D eigenvalue weighted by Gasteiger charge is -2.22. The molecule has 1 aromatic carbocycles. The highest BCUT2D eigenvalue weighted by atomic mass is 16.3. The molecule has 0 spiro atoms. The molecule has 2 unspecified atom stereocenters. The number of nitrogens with zero attached hydrogens (tertiary/aromatic N) is 2. The minimum absolute atomic E-state index is 0.120. The number of benzene rings is 1. The molecule has 96 valence electrons. The van der Waals surface area contributed by atoms with E-state index in [1.165, 1.54) is 16.6 Å². The van der Waals surface area contributed by atoms with Gasteiger partial charge in [-0.3, -0.25) is 4.68 Å². The number of hydrogen-bond donors (Lipinski definition) is 1. The average molecular weight is 244 g/mol. The second-order valence-corrected chi connectivity index (χ2v) is 5.97. The Kier molecular flexibility index (Phi) is 2.67. The normalized spacial score (nSPS) is 28.1. The highest BCUT2D eigenvalue weighted by Gasteiger charge is 2.35. The van der Waals surface area contributed by atoms with Gasteiger partial charge in [-0.25, -0.2) is 0 Å². The SMILES string of the molecule is Cn1nc(CC2(C)CCC(O)C2)c2ccccc21. The Labute approximate surface area is 107 Å². The van der Waals surface area contributed by atoms with Gasteiger partial charge in [-0.1, -0.05) is 25.1 Å². The Hall–Kier alpha value is -1.35. The van der Waals surface area contributed by atoms with E-state index in [1.807, 2.05) is 11.7 Å². The molecule has 1 saturated carbocycles. The molecular formula is C15H20N2O. The van der Waals surface area contributed by atoms with Crippen molar-refractivity contribution in [1.29, 1.82) is 0 Å². The van der Waals surface area contributed by atoms with Crippen LogP contribution in [0.1, 0.15) is 31.9 Å². The Morgan fingerprint density at radius 1 is 1.44 bits per heavy atom. The number of aliphatic hydroxyl groups is 1. The molecule has 0 aliphatic heterocycles. The van der Waals surface area contributed by atoms with Gasteiger partial charge in [0.15, 0.2) is 0 Å². The van der Waals surface area contributed by atoms with Crippen LogP contribution in [-0.2, 0) is 13.5 Å². The molecular weight excluding hydrogens is 224 g/mol. The fourth-order valence-corrected chi connectivity index (χ4v) is 3.27. The van der Waals surface area contributed by atoms with Gasteiger partial charge in [-0.15, -0.1) is 0 Å². The molecule has 0 radical (unpaired) electrons. The molecule has 1 aliphatic carbocycles. The number of aliphatic hydroxyl groups excluding tert-OH is 1. The molecule has 0 amide bonds. The molecule has 1 fully saturated rings. The van der Waals surface area contributed by atoms with Crippen molar-refractivity contribution < 1.29 is 5.11 Å². The first-order chi connectivity index (χ1) is 8.57. The van der Waals surface area contributed by atoms with Crippen LogP contribution in [0.25, 0.3) is 10.9 Å². The molecule has 0 bridgehead atoms. The molecule has 1 heterocycles. The van der Waals surface area contributed by atoms with Crippen LogP contribution < -0.4 is 0 Å². The van der Waals surface area contributed by atoms with E-state index in [1.54, 1.807) is 0 Å². The molecule has 2 aromatic rings. The summed E-state index contributed by atoms with van der Waals surface area (Å²) in [5, 5.41) is 15.6. The maximum Gasteiger partial charge on any atom is 0.0708 e. The van der Waals surface area contributed by atoms with Crippen LogP contribution in [-0.4, -0.2) is 21.0 Å². The van der Waals surface area contributed by atoms with Crippen molar-refractivity contribution in [3.8, 4) is 0 Å². The minimum Gasteiger partial charge on any atom is -0.393 e. The predicted molar refractivity (Wildman–Crippen MR) is 72.4 cm³/mol. The molecule has 1 aromatic heterocycles. The smallest absolute Gasteiger partial charge is 0.0708 e. The quantitative estimate of drug-likeness (QED) is 0.882. The van der Waals surface area contributed by atoms with Crippen LogP contribution in [0, 0.1) is 5.41 Å². The number of para-hydroxylation sites is 1. The number of aromatic nitrogens is 2. The second-order valence-electron chi connectivity index (χ2n) is 5.97. The summed E-state index contributed by atoms with van der Waals surface area (Å²) in [6, 6.07) is 8.37. The van der Waals surface area contributed by atoms with Gasteiger partial charge in [-0.2, -0.15) is 5.10 Å². The predicted octanol–water partition coefficient (Wildman–Crippen LogP) is 2.67. The van der Waals surface area contributed by atoms with Gasteiger partial charge in [0.2, 0.25) is 0 Å². The van der Waals surface area contributed by atoms with E-state index in [-0.39, 0.29) is 11.5 Å². The van der Waals surface area contributed by atoms with E-state index in [0.717, 1.165) is 25.7 Å². The highest BCUT2D eigenvalue weighted by Crippen LogP contribution is 2.41. The third kappa shape index (κ3) is 1.93. The largest absolute Gasteiger partial charge is 0.393 e. The standard InChI is InChI=1S/C15H20N2O/c1-15(8-7-11(18)9-15)10-13-12-5-3-4-6-14(12)17(2)16-13/h3-6,11,18H,7-10H2,1-2H3. The molecule has 1 N–H and O–H groups in total. The minimum atomic E-state index is -0.120. The molecule has 1 aliphatic rings. The maximum absolute atomic E-state index is 9.74. The van der Waals surface area contributed by atoms with Crippen molar-refractivity contribution in [1.82, 2.24) is 9.78 Å². The topological polar surface area (TPSA) is 38.0 Å². The number of rotatable bonds is 2. The van der Waals surface area contributed by atoms with Crippen molar-refractivity contribution in [2.45, 2.75) is 38.7 Å². The van der Waals surface area contributed by atoms with Crippen LogP contribution in [0.5, 0.6) is 0 Å². The fourth-order valence-electron chi connectivity index (χ4n) is 3.27. The number of hydrogen-bond acceptors (Lipinski definition) is 2. The van der Waals surface area contributed by atoms with E-state index < -0.39 is 0 Å². The van der Waals surface area contributed by atoms with Crippen molar-refractivity contribution in [2.24, 2.45) is 12.5 Å². The molecule has 3 rings (SSSR count). The van der Waals surface area contributed by atoms with Crippen LogP contribution in [0.4, 0.5) is 0 Å². The van der Waals surface area contributed by atoms with Gasteiger partial charge < -0.3 is 5.11 Å². The Balaban J connectivity index is 1.96. The average Bonchev–Trinajstić information content (AvgIpc) is 2.82. The highest BCUT2D eigenvalue weighted by molar-refractivity contribution is 5.81. The van der Waals surface area contributed by atoms with Gasteiger partial charge in [-0.05, 0) is 37.2 Å². The van der Waals surface area contributed by atoms with Crippen LogP contribution >= 0.6 is 0 Å². The van der Waals surface area contributed by atoms with Crippen LogP contribution in [0.2, 0.25) is 0 Å². The Morgan fingerprint density at radius 3 is 2.94 bits per heavy atom. The molecule has 3 heteroatoms. The van der Waals surface area contributed by atoms with Gasteiger partial charge in [0.25, 0.3) is 0 Å². The summed E-state index contributed by atoms with van der Waals surface area (Å²) in [7, 11) is 2.00. The van der Waals surface area contributed by atoms with Crippen molar-refractivity contribution >= 4 is 10.9 Å².